The molecule has 2 aromatic carbocycles. The molecule has 2 rings (SSSR count). The number of halogens is 2. The van der Waals surface area contributed by atoms with Gasteiger partial charge in [0.05, 0.1) is 10.5 Å². The van der Waals surface area contributed by atoms with Crippen molar-refractivity contribution < 1.29 is 19.2 Å². The number of nitro benzene ring substituents is 1. The summed E-state index contributed by atoms with van der Waals surface area (Å²) in [5.74, 6) is -2.89. The van der Waals surface area contributed by atoms with E-state index in [-0.39, 0.29) is 0 Å². The van der Waals surface area contributed by atoms with Gasteiger partial charge in [-0.2, -0.15) is 0 Å². The lowest BCUT2D eigenvalue weighted by Gasteiger charge is -2.05. The van der Waals surface area contributed by atoms with Gasteiger partial charge in [-0.05, 0) is 29.8 Å². The van der Waals surface area contributed by atoms with Crippen molar-refractivity contribution in [2.75, 3.05) is 5.73 Å². The minimum atomic E-state index is -1.14. The quantitative estimate of drug-likeness (QED) is 0.276. The highest BCUT2D eigenvalue weighted by Gasteiger charge is 2.27. The minimum absolute atomic E-state index is 0.531. The molecule has 0 saturated carbocycles. The summed E-state index contributed by atoms with van der Waals surface area (Å²) in [6, 6.07) is 7.64. The number of anilines is 1. The van der Waals surface area contributed by atoms with Crippen LogP contribution in [-0.2, 0) is 0 Å². The summed E-state index contributed by atoms with van der Waals surface area (Å²) in [6.45, 7) is 0. The van der Waals surface area contributed by atoms with Gasteiger partial charge in [-0.3, -0.25) is 14.9 Å². The third-order valence-electron chi connectivity index (χ3n) is 3.01. The Morgan fingerprint density at radius 1 is 1.35 bits per heavy atom. The van der Waals surface area contributed by atoms with Crippen molar-refractivity contribution >= 4 is 39.2 Å². The van der Waals surface area contributed by atoms with Gasteiger partial charge in [0.1, 0.15) is 0 Å². The van der Waals surface area contributed by atoms with Crippen LogP contribution in [0.3, 0.4) is 0 Å². The number of nitrogens with zero attached hydrogens (tertiary/aromatic N) is 1. The van der Waals surface area contributed by atoms with E-state index in [2.05, 4.69) is 15.9 Å². The molecule has 0 unspecified atom stereocenters. The molecule has 0 atom stereocenters. The number of aromatic hydroxyl groups is 1. The number of ketones is 1. The summed E-state index contributed by atoms with van der Waals surface area (Å²) in [4.78, 5) is 21.9. The fourth-order valence-electron chi connectivity index (χ4n) is 1.85. The van der Waals surface area contributed by atoms with Crippen LogP contribution in [0.15, 0.2) is 40.9 Å². The molecule has 8 heteroatoms. The Balaban J connectivity index is 2.40. The monoisotopic (exact) mass is 380 g/mol. The zero-order valence-electron chi connectivity index (χ0n) is 11.5. The van der Waals surface area contributed by atoms with Gasteiger partial charge in [0.25, 0.3) is 0 Å². The second kappa shape index (κ2) is 6.57. The van der Waals surface area contributed by atoms with Gasteiger partial charge in [-0.25, -0.2) is 4.39 Å². The summed E-state index contributed by atoms with van der Waals surface area (Å²) in [6.07, 6.45) is 2.52. The molecule has 0 fully saturated rings. The summed E-state index contributed by atoms with van der Waals surface area (Å²) in [5, 5.41) is 20.7. The van der Waals surface area contributed by atoms with E-state index in [4.69, 9.17) is 5.73 Å². The number of nitrogen functional groups attached to an aromatic ring is 1. The predicted octanol–water partition coefficient (Wildman–Crippen LogP) is 3.68. The second-order valence-corrected chi connectivity index (χ2v) is 5.44. The van der Waals surface area contributed by atoms with Crippen molar-refractivity contribution in [2.24, 2.45) is 0 Å². The molecule has 118 valence electrons. The van der Waals surface area contributed by atoms with Gasteiger partial charge in [0.15, 0.2) is 17.3 Å². The first-order valence-electron chi connectivity index (χ1n) is 6.24. The summed E-state index contributed by atoms with van der Waals surface area (Å²) in [5.41, 5.74) is 3.54. The van der Waals surface area contributed by atoms with Crippen molar-refractivity contribution in [2.45, 2.75) is 0 Å². The Kier molecular flexibility index (Phi) is 4.75. The van der Waals surface area contributed by atoms with Gasteiger partial charge in [0.2, 0.25) is 5.75 Å². The van der Waals surface area contributed by atoms with E-state index in [0.717, 1.165) is 10.5 Å². The number of carbonyl (C=O) groups excluding carboxylic acids is 1. The standard InChI is InChI=1S/C15H10BrFN2O4/c16-9-4-1-8(2-5-9)3-6-12(20)10-7-11(17)13(18)14(15(10)21)19(22)23/h1-7,21H,18H2. The van der Waals surface area contributed by atoms with E-state index in [9.17, 15) is 24.4 Å². The van der Waals surface area contributed by atoms with Crippen molar-refractivity contribution in [1.82, 2.24) is 0 Å². The third kappa shape index (κ3) is 3.54. The van der Waals surface area contributed by atoms with Crippen LogP contribution in [0, 0.1) is 15.9 Å². The zero-order chi connectivity index (χ0) is 17.1. The Morgan fingerprint density at radius 3 is 2.52 bits per heavy atom. The molecule has 0 amide bonds. The lowest BCUT2D eigenvalue weighted by atomic mass is 10.1. The average Bonchev–Trinajstić information content (AvgIpc) is 2.50. The Hall–Kier alpha value is -2.74. The van der Waals surface area contributed by atoms with Gasteiger partial charge in [-0.1, -0.05) is 34.1 Å². The van der Waals surface area contributed by atoms with Crippen LogP contribution in [0.25, 0.3) is 6.08 Å². The van der Waals surface area contributed by atoms with Crippen LogP contribution in [0.4, 0.5) is 15.8 Å². The van der Waals surface area contributed by atoms with Crippen LogP contribution in [0.5, 0.6) is 5.75 Å². The molecule has 2 aromatic rings. The molecule has 0 aliphatic heterocycles. The topological polar surface area (TPSA) is 106 Å². The van der Waals surface area contributed by atoms with Gasteiger partial charge >= 0.3 is 5.69 Å². The van der Waals surface area contributed by atoms with E-state index < -0.39 is 39.2 Å². The zero-order valence-corrected chi connectivity index (χ0v) is 13.1. The predicted molar refractivity (Wildman–Crippen MR) is 86.6 cm³/mol. The molecular weight excluding hydrogens is 371 g/mol. The molecule has 0 saturated heterocycles. The molecule has 3 N–H and O–H groups in total. The fourth-order valence-corrected chi connectivity index (χ4v) is 2.11. The first-order valence-corrected chi connectivity index (χ1v) is 7.04. The van der Waals surface area contributed by atoms with Crippen molar-refractivity contribution in [3.8, 4) is 5.75 Å². The lowest BCUT2D eigenvalue weighted by Crippen LogP contribution is -2.04. The largest absolute Gasteiger partial charge is 0.502 e. The van der Waals surface area contributed by atoms with Crippen LogP contribution >= 0.6 is 15.9 Å². The lowest BCUT2D eigenvalue weighted by molar-refractivity contribution is -0.385. The number of hydrogen-bond acceptors (Lipinski definition) is 5. The molecule has 0 spiro atoms. The number of nitrogens with two attached hydrogens (primary N) is 1. The maximum absolute atomic E-state index is 13.6. The molecular formula is C15H10BrFN2O4. The average molecular weight is 381 g/mol. The van der Waals surface area contributed by atoms with E-state index in [0.29, 0.717) is 11.6 Å². The first kappa shape index (κ1) is 16.6. The Bertz CT molecular complexity index is 819. The van der Waals surface area contributed by atoms with Gasteiger partial charge in [0, 0.05) is 4.47 Å². The Morgan fingerprint density at radius 2 is 1.96 bits per heavy atom. The van der Waals surface area contributed by atoms with Crippen molar-refractivity contribution in [3.63, 3.8) is 0 Å². The molecule has 0 bridgehead atoms. The molecule has 0 aromatic heterocycles. The number of hydrogen-bond donors (Lipinski definition) is 2. The third-order valence-corrected chi connectivity index (χ3v) is 3.54. The van der Waals surface area contributed by atoms with Crippen molar-refractivity contribution in [3.05, 3.63) is 67.9 Å². The maximum atomic E-state index is 13.6. The normalized spacial score (nSPS) is 10.9. The molecule has 0 radical (unpaired) electrons. The van der Waals surface area contributed by atoms with E-state index >= 15 is 0 Å². The molecule has 23 heavy (non-hydrogen) atoms. The molecule has 0 aliphatic carbocycles. The highest BCUT2D eigenvalue weighted by atomic mass is 79.9. The number of nitro groups is 1. The summed E-state index contributed by atoms with van der Waals surface area (Å²) < 4.78 is 14.5. The van der Waals surface area contributed by atoms with Crippen LogP contribution in [0.1, 0.15) is 15.9 Å². The number of phenols is 1. The number of benzene rings is 2. The molecule has 6 nitrogen and oxygen atoms in total. The van der Waals surface area contributed by atoms with Crippen LogP contribution in [0.2, 0.25) is 0 Å². The van der Waals surface area contributed by atoms with E-state index in [1.54, 1.807) is 24.3 Å². The Labute approximate surface area is 138 Å². The summed E-state index contributed by atoms with van der Waals surface area (Å²) >= 11 is 3.27. The summed E-state index contributed by atoms with van der Waals surface area (Å²) in [7, 11) is 0. The number of phenolic OH excluding ortho intramolecular Hbond substituents is 1. The van der Waals surface area contributed by atoms with Gasteiger partial charge < -0.3 is 10.8 Å². The van der Waals surface area contributed by atoms with Gasteiger partial charge in [-0.15, -0.1) is 0 Å². The first-order chi connectivity index (χ1) is 10.8. The second-order valence-electron chi connectivity index (χ2n) is 4.52. The fraction of sp³-hybridized carbons (Fsp3) is 0. The van der Waals surface area contributed by atoms with E-state index in [1.165, 1.54) is 6.08 Å². The van der Waals surface area contributed by atoms with Crippen molar-refractivity contribution in [1.29, 1.82) is 0 Å². The van der Waals surface area contributed by atoms with E-state index in [1.807, 2.05) is 0 Å². The number of rotatable bonds is 4. The minimum Gasteiger partial charge on any atom is -0.502 e. The molecule has 0 heterocycles. The molecule has 0 aliphatic rings. The smallest absolute Gasteiger partial charge is 0.337 e. The number of carbonyl (C=O) groups is 1. The van der Waals surface area contributed by atoms with Crippen LogP contribution in [-0.4, -0.2) is 15.8 Å². The van der Waals surface area contributed by atoms with Crippen LogP contribution < -0.4 is 5.73 Å². The highest BCUT2D eigenvalue weighted by molar-refractivity contribution is 9.10. The SMILES string of the molecule is Nc1c(F)cc(C(=O)C=Cc2ccc(Br)cc2)c(O)c1[N+](=O)[O-]. The highest BCUT2D eigenvalue weighted by Crippen LogP contribution is 2.37. The number of allylic oxidation sites excluding steroid dienone is 1. The maximum Gasteiger partial charge on any atom is 0.337 e.